The summed E-state index contributed by atoms with van der Waals surface area (Å²) in [5.41, 5.74) is 0.847. The minimum atomic E-state index is -0.982. The lowest BCUT2D eigenvalue weighted by Gasteiger charge is -2.24. The van der Waals surface area contributed by atoms with E-state index in [0.717, 1.165) is 4.68 Å². The number of rotatable bonds is 8. The Labute approximate surface area is 171 Å². The molecule has 2 atom stereocenters. The van der Waals surface area contributed by atoms with Crippen LogP contribution < -0.4 is 4.74 Å². The van der Waals surface area contributed by atoms with Gasteiger partial charge in [-0.1, -0.05) is 24.3 Å². The molecule has 0 spiro atoms. The predicted octanol–water partition coefficient (Wildman–Crippen LogP) is 3.28. The first-order valence-corrected chi connectivity index (χ1v) is 8.94. The summed E-state index contributed by atoms with van der Waals surface area (Å²) in [4.78, 5) is 34.7. The molecule has 0 aliphatic carbocycles. The number of benzene rings is 2. The molecule has 10 heteroatoms. The van der Waals surface area contributed by atoms with Gasteiger partial charge in [-0.3, -0.25) is 25.0 Å². The summed E-state index contributed by atoms with van der Waals surface area (Å²) in [6.45, 7) is -0.513. The van der Waals surface area contributed by atoms with Gasteiger partial charge >= 0.3 is 0 Å². The van der Waals surface area contributed by atoms with Crippen molar-refractivity contribution in [2.75, 3.05) is 13.7 Å². The van der Waals surface area contributed by atoms with Crippen molar-refractivity contribution in [1.82, 2.24) is 9.78 Å². The van der Waals surface area contributed by atoms with E-state index in [-0.39, 0.29) is 5.69 Å². The van der Waals surface area contributed by atoms with Gasteiger partial charge < -0.3 is 4.74 Å². The Kier molecular flexibility index (Phi) is 6.16. The van der Waals surface area contributed by atoms with Crippen LogP contribution in [0.15, 0.2) is 67.0 Å². The first-order chi connectivity index (χ1) is 14.4. The van der Waals surface area contributed by atoms with Gasteiger partial charge in [-0.25, -0.2) is 4.68 Å². The molecule has 2 aromatic carbocycles. The quantitative estimate of drug-likeness (QED) is 0.411. The van der Waals surface area contributed by atoms with Gasteiger partial charge in [-0.15, -0.1) is 0 Å². The summed E-state index contributed by atoms with van der Waals surface area (Å²) in [5.74, 6) is -1.71. The maximum atomic E-state index is 13.3. The number of carbonyl (C=O) groups is 1. The van der Waals surface area contributed by atoms with Crippen LogP contribution in [-0.4, -0.2) is 39.2 Å². The lowest BCUT2D eigenvalue weighted by Crippen LogP contribution is -2.30. The fraction of sp³-hybridized carbons (Fsp3) is 0.200. The van der Waals surface area contributed by atoms with Crippen LogP contribution in [-0.2, 0) is 0 Å². The number of non-ortho nitro benzene ring substituents is 1. The molecule has 1 aromatic heterocycles. The fourth-order valence-electron chi connectivity index (χ4n) is 3.31. The van der Waals surface area contributed by atoms with Crippen molar-refractivity contribution in [1.29, 1.82) is 0 Å². The van der Waals surface area contributed by atoms with Gasteiger partial charge in [0.1, 0.15) is 5.75 Å². The van der Waals surface area contributed by atoms with Crippen LogP contribution >= 0.6 is 0 Å². The minimum absolute atomic E-state index is 0.140. The summed E-state index contributed by atoms with van der Waals surface area (Å²) >= 11 is 0. The van der Waals surface area contributed by atoms with Crippen LogP contribution in [0.2, 0.25) is 0 Å². The monoisotopic (exact) mass is 410 g/mol. The number of hydrogen-bond acceptors (Lipinski definition) is 7. The second-order valence-corrected chi connectivity index (χ2v) is 6.51. The van der Waals surface area contributed by atoms with Gasteiger partial charge in [-0.2, -0.15) is 5.10 Å². The summed E-state index contributed by atoms with van der Waals surface area (Å²) in [6.07, 6.45) is 2.89. The molecule has 0 unspecified atom stereocenters. The molecule has 3 aromatic rings. The molecular weight excluding hydrogens is 392 g/mol. The highest BCUT2D eigenvalue weighted by Gasteiger charge is 2.36. The zero-order chi connectivity index (χ0) is 21.7. The molecule has 0 saturated heterocycles. The van der Waals surface area contributed by atoms with Crippen LogP contribution in [0.25, 0.3) is 0 Å². The van der Waals surface area contributed by atoms with Crippen molar-refractivity contribution >= 4 is 11.6 Å². The van der Waals surface area contributed by atoms with E-state index in [1.807, 2.05) is 0 Å². The molecule has 0 saturated carbocycles. The molecule has 30 heavy (non-hydrogen) atoms. The third-order valence-electron chi connectivity index (χ3n) is 4.75. The molecule has 0 radical (unpaired) electrons. The first kappa shape index (κ1) is 20.6. The Balaban J connectivity index is 2.11. The van der Waals surface area contributed by atoms with E-state index in [1.54, 1.807) is 30.3 Å². The predicted molar refractivity (Wildman–Crippen MR) is 106 cm³/mol. The number of ether oxygens (including phenoxy) is 1. The molecule has 154 valence electrons. The normalized spacial score (nSPS) is 12.7. The standard InChI is InChI=1S/C20H18N4O6/c1-30-17-9-5-14(6-10-17)18(13-23(26)27)19(20(25)22-12-2-11-21-22)15-3-7-16(8-4-15)24(28)29/h2-12,18-19H,13H2,1H3/t18-,19+/m1/s1. The highest BCUT2D eigenvalue weighted by Crippen LogP contribution is 2.36. The Morgan fingerprint density at radius 1 is 1.07 bits per heavy atom. The zero-order valence-corrected chi connectivity index (χ0v) is 16.0. The van der Waals surface area contributed by atoms with Crippen LogP contribution in [0.5, 0.6) is 5.75 Å². The van der Waals surface area contributed by atoms with E-state index < -0.39 is 34.1 Å². The lowest BCUT2D eigenvalue weighted by atomic mass is 9.80. The average molecular weight is 410 g/mol. The number of nitrogens with zero attached hydrogens (tertiary/aromatic N) is 4. The maximum Gasteiger partial charge on any atom is 0.269 e. The first-order valence-electron chi connectivity index (χ1n) is 8.94. The summed E-state index contributed by atoms with van der Waals surface area (Å²) in [7, 11) is 1.50. The largest absolute Gasteiger partial charge is 0.497 e. The zero-order valence-electron chi connectivity index (χ0n) is 16.0. The van der Waals surface area contributed by atoms with E-state index in [9.17, 15) is 25.0 Å². The maximum absolute atomic E-state index is 13.3. The van der Waals surface area contributed by atoms with E-state index >= 15 is 0 Å². The van der Waals surface area contributed by atoms with Gasteiger partial charge in [0.15, 0.2) is 0 Å². The van der Waals surface area contributed by atoms with Crippen molar-refractivity contribution in [2.24, 2.45) is 0 Å². The number of carbonyl (C=O) groups excluding carboxylic acids is 1. The molecule has 0 aliphatic rings. The lowest BCUT2D eigenvalue weighted by molar-refractivity contribution is -0.483. The number of nitro benzene ring substituents is 1. The second kappa shape index (κ2) is 8.95. The number of hydrogen-bond donors (Lipinski definition) is 0. The highest BCUT2D eigenvalue weighted by atomic mass is 16.6. The molecule has 1 heterocycles. The molecule has 0 fully saturated rings. The topological polar surface area (TPSA) is 130 Å². The van der Waals surface area contributed by atoms with E-state index in [0.29, 0.717) is 16.9 Å². The molecule has 0 N–H and O–H groups in total. The van der Waals surface area contributed by atoms with Gasteiger partial charge in [0, 0.05) is 29.4 Å². The minimum Gasteiger partial charge on any atom is -0.497 e. The highest BCUT2D eigenvalue weighted by molar-refractivity contribution is 5.86. The third-order valence-corrected chi connectivity index (χ3v) is 4.75. The Bertz CT molecular complexity index is 1030. The van der Waals surface area contributed by atoms with Crippen LogP contribution in [0, 0.1) is 20.2 Å². The fourth-order valence-corrected chi connectivity index (χ4v) is 3.31. The van der Waals surface area contributed by atoms with E-state index in [4.69, 9.17) is 4.74 Å². The molecule has 0 bridgehead atoms. The van der Waals surface area contributed by atoms with Crippen molar-refractivity contribution in [3.63, 3.8) is 0 Å². The second-order valence-electron chi connectivity index (χ2n) is 6.51. The van der Waals surface area contributed by atoms with Gasteiger partial charge in [0.2, 0.25) is 6.54 Å². The van der Waals surface area contributed by atoms with Crippen LogP contribution in [0.1, 0.15) is 27.8 Å². The van der Waals surface area contributed by atoms with Crippen molar-refractivity contribution in [2.45, 2.75) is 11.8 Å². The third kappa shape index (κ3) is 4.49. The smallest absolute Gasteiger partial charge is 0.269 e. The molecule has 3 rings (SSSR count). The Morgan fingerprint density at radius 3 is 2.20 bits per heavy atom. The SMILES string of the molecule is COc1ccc([C@@H](C[N+](=O)[O-])[C@@H](C(=O)n2cccn2)c2ccc([N+](=O)[O-])cc2)cc1. The summed E-state index contributed by atoms with van der Waals surface area (Å²) < 4.78 is 6.25. The van der Waals surface area contributed by atoms with Crippen molar-refractivity contribution in [3.05, 3.63) is 98.3 Å². The van der Waals surface area contributed by atoms with Gasteiger partial charge in [-0.05, 0) is 29.3 Å². The van der Waals surface area contributed by atoms with E-state index in [1.165, 1.54) is 43.8 Å². The van der Waals surface area contributed by atoms with Crippen LogP contribution in [0.3, 0.4) is 0 Å². The van der Waals surface area contributed by atoms with Crippen LogP contribution in [0.4, 0.5) is 5.69 Å². The molecule has 0 amide bonds. The Hall–Kier alpha value is -4.08. The summed E-state index contributed by atoms with van der Waals surface area (Å²) in [6, 6.07) is 13.7. The van der Waals surface area contributed by atoms with Gasteiger partial charge in [0.25, 0.3) is 11.6 Å². The van der Waals surface area contributed by atoms with Gasteiger partial charge in [0.05, 0.1) is 23.9 Å². The Morgan fingerprint density at radius 2 is 1.70 bits per heavy atom. The molecule has 10 nitrogen and oxygen atoms in total. The molecule has 0 aliphatic heterocycles. The van der Waals surface area contributed by atoms with E-state index in [2.05, 4.69) is 5.10 Å². The number of methoxy groups -OCH3 is 1. The van der Waals surface area contributed by atoms with Crippen molar-refractivity contribution < 1.29 is 19.4 Å². The number of nitro groups is 2. The average Bonchev–Trinajstić information content (AvgIpc) is 3.28. The van der Waals surface area contributed by atoms with Crippen molar-refractivity contribution in [3.8, 4) is 5.75 Å². The summed E-state index contributed by atoms with van der Waals surface area (Å²) in [5, 5.41) is 26.4. The molecular formula is C20H18N4O6. The number of aromatic nitrogens is 2.